The average Bonchev–Trinajstić information content (AvgIpc) is 2.94. The molecule has 4 nitrogen and oxygen atoms in total. The molecular weight excluding hydrogens is 264 g/mol. The van der Waals surface area contributed by atoms with E-state index in [1.165, 1.54) is 5.56 Å². The third kappa shape index (κ3) is 3.41. The number of hydrogen-bond acceptors (Lipinski definition) is 4. The topological polar surface area (TPSA) is 47.3 Å². The molecule has 1 aromatic heterocycles. The second-order valence-electron chi connectivity index (χ2n) is 4.79. The van der Waals surface area contributed by atoms with Gasteiger partial charge in [0.25, 0.3) is 0 Å². The maximum absolute atomic E-state index is 5.69. The van der Waals surface area contributed by atoms with Crippen molar-refractivity contribution >= 4 is 11.1 Å². The van der Waals surface area contributed by atoms with E-state index in [0.717, 1.165) is 29.9 Å². The van der Waals surface area contributed by atoms with Crippen molar-refractivity contribution in [1.29, 1.82) is 0 Å². The van der Waals surface area contributed by atoms with Gasteiger partial charge in [0.15, 0.2) is 12.2 Å². The Morgan fingerprint density at radius 1 is 1.14 bits per heavy atom. The maximum atomic E-state index is 5.69. The lowest BCUT2D eigenvalue weighted by atomic mass is 10.2. The van der Waals surface area contributed by atoms with Gasteiger partial charge in [-0.1, -0.05) is 31.2 Å². The van der Waals surface area contributed by atoms with Crippen LogP contribution in [0.5, 0.6) is 5.75 Å². The number of ether oxygens (including phenoxy) is 1. The quantitative estimate of drug-likeness (QED) is 0.751. The van der Waals surface area contributed by atoms with E-state index in [9.17, 15) is 0 Å². The van der Waals surface area contributed by atoms with Crippen molar-refractivity contribution in [3.8, 4) is 5.75 Å². The summed E-state index contributed by atoms with van der Waals surface area (Å²) in [6.45, 7) is 4.22. The number of aromatic nitrogens is 1. The Hall–Kier alpha value is -2.33. The maximum Gasteiger partial charge on any atom is 0.233 e. The summed E-state index contributed by atoms with van der Waals surface area (Å²) in [5, 5.41) is 3.30. The van der Waals surface area contributed by atoms with E-state index in [-0.39, 0.29) is 0 Å². The van der Waals surface area contributed by atoms with Crippen LogP contribution in [0.25, 0.3) is 11.1 Å². The van der Waals surface area contributed by atoms with E-state index in [4.69, 9.17) is 9.15 Å². The third-order valence-corrected chi connectivity index (χ3v) is 3.18. The minimum Gasteiger partial charge on any atom is -0.484 e. The molecule has 0 aliphatic rings. The first-order chi connectivity index (χ1) is 10.3. The number of nitrogens with zero attached hydrogens (tertiary/aromatic N) is 1. The van der Waals surface area contributed by atoms with Gasteiger partial charge in [-0.3, -0.25) is 0 Å². The molecule has 0 spiro atoms. The van der Waals surface area contributed by atoms with E-state index in [0.29, 0.717) is 12.5 Å². The van der Waals surface area contributed by atoms with Crippen LogP contribution in [-0.4, -0.2) is 11.5 Å². The van der Waals surface area contributed by atoms with Gasteiger partial charge in [0.2, 0.25) is 5.89 Å². The molecule has 1 N–H and O–H groups in total. The van der Waals surface area contributed by atoms with E-state index in [1.807, 2.05) is 42.5 Å². The summed E-state index contributed by atoms with van der Waals surface area (Å²) >= 11 is 0. The number of rotatable bonds is 6. The normalized spacial score (nSPS) is 10.9. The minimum atomic E-state index is 0.335. The number of hydrogen-bond donors (Lipinski definition) is 1. The Kier molecular flexibility index (Phi) is 4.17. The molecule has 0 bridgehead atoms. The highest BCUT2D eigenvalue weighted by Crippen LogP contribution is 2.19. The molecule has 1 heterocycles. The lowest BCUT2D eigenvalue weighted by Crippen LogP contribution is -2.11. The summed E-state index contributed by atoms with van der Waals surface area (Å²) in [6, 6.07) is 15.7. The fourth-order valence-electron chi connectivity index (χ4n) is 2.12. The first kappa shape index (κ1) is 13.6. The zero-order valence-electron chi connectivity index (χ0n) is 12.0. The lowest BCUT2D eigenvalue weighted by molar-refractivity contribution is 0.267. The van der Waals surface area contributed by atoms with Crippen LogP contribution >= 0.6 is 0 Å². The third-order valence-electron chi connectivity index (χ3n) is 3.18. The smallest absolute Gasteiger partial charge is 0.233 e. The fourth-order valence-corrected chi connectivity index (χ4v) is 2.12. The van der Waals surface area contributed by atoms with Crippen LogP contribution in [-0.2, 0) is 13.2 Å². The molecule has 0 aliphatic carbocycles. The Balaban J connectivity index is 1.71. The van der Waals surface area contributed by atoms with Crippen LogP contribution < -0.4 is 10.1 Å². The van der Waals surface area contributed by atoms with E-state index < -0.39 is 0 Å². The molecule has 108 valence electrons. The summed E-state index contributed by atoms with van der Waals surface area (Å²) in [4.78, 5) is 4.48. The Bertz CT molecular complexity index is 707. The molecular formula is C17H18N2O2. The molecule has 0 saturated carbocycles. The molecule has 3 aromatic rings. The van der Waals surface area contributed by atoms with Crippen molar-refractivity contribution in [1.82, 2.24) is 10.3 Å². The second-order valence-corrected chi connectivity index (χ2v) is 4.79. The average molecular weight is 282 g/mol. The van der Waals surface area contributed by atoms with E-state index in [1.54, 1.807) is 0 Å². The molecule has 2 aromatic carbocycles. The predicted molar refractivity (Wildman–Crippen MR) is 82.2 cm³/mol. The van der Waals surface area contributed by atoms with Crippen LogP contribution in [0.3, 0.4) is 0 Å². The molecule has 0 amide bonds. The van der Waals surface area contributed by atoms with Crippen LogP contribution in [0.15, 0.2) is 52.9 Å². The summed E-state index contributed by atoms with van der Waals surface area (Å²) in [7, 11) is 0. The number of benzene rings is 2. The number of para-hydroxylation sites is 1. The van der Waals surface area contributed by atoms with Gasteiger partial charge >= 0.3 is 0 Å². The van der Waals surface area contributed by atoms with Gasteiger partial charge < -0.3 is 14.5 Å². The summed E-state index contributed by atoms with van der Waals surface area (Å²) in [5.74, 6) is 1.40. The van der Waals surface area contributed by atoms with E-state index >= 15 is 0 Å². The second kappa shape index (κ2) is 6.41. The Morgan fingerprint density at radius 2 is 2.00 bits per heavy atom. The molecule has 0 atom stereocenters. The largest absolute Gasteiger partial charge is 0.484 e. The highest BCUT2D eigenvalue weighted by atomic mass is 16.5. The fraction of sp³-hybridized carbons (Fsp3) is 0.235. The lowest BCUT2D eigenvalue weighted by Gasteiger charge is -2.01. The molecule has 0 unspecified atom stereocenters. The van der Waals surface area contributed by atoms with Crippen molar-refractivity contribution in [3.05, 3.63) is 60.0 Å². The Morgan fingerprint density at radius 3 is 2.81 bits per heavy atom. The van der Waals surface area contributed by atoms with Crippen molar-refractivity contribution in [2.24, 2.45) is 0 Å². The molecule has 4 heteroatoms. The monoisotopic (exact) mass is 282 g/mol. The van der Waals surface area contributed by atoms with Gasteiger partial charge in [-0.05, 0) is 36.4 Å². The summed E-state index contributed by atoms with van der Waals surface area (Å²) < 4.78 is 11.3. The van der Waals surface area contributed by atoms with Gasteiger partial charge in [-0.2, -0.15) is 0 Å². The molecule has 0 radical (unpaired) electrons. The molecule has 0 saturated heterocycles. The van der Waals surface area contributed by atoms with Crippen LogP contribution in [0, 0.1) is 0 Å². The van der Waals surface area contributed by atoms with Crippen LogP contribution in [0.1, 0.15) is 18.4 Å². The van der Waals surface area contributed by atoms with E-state index in [2.05, 4.69) is 23.3 Å². The standard InChI is InChI=1S/C17H18N2O2/c1-2-18-11-13-8-9-16-15(10-13)19-17(21-16)12-20-14-6-4-3-5-7-14/h3-10,18H,2,11-12H2,1H3. The molecule has 21 heavy (non-hydrogen) atoms. The van der Waals surface area contributed by atoms with Crippen LogP contribution in [0.4, 0.5) is 0 Å². The van der Waals surface area contributed by atoms with Crippen molar-refractivity contribution in [3.63, 3.8) is 0 Å². The van der Waals surface area contributed by atoms with Crippen LogP contribution in [0.2, 0.25) is 0 Å². The van der Waals surface area contributed by atoms with Crippen molar-refractivity contribution in [2.45, 2.75) is 20.1 Å². The van der Waals surface area contributed by atoms with Gasteiger partial charge in [0.1, 0.15) is 11.3 Å². The highest BCUT2D eigenvalue weighted by Gasteiger charge is 2.07. The molecule has 0 fully saturated rings. The first-order valence-corrected chi connectivity index (χ1v) is 7.12. The van der Waals surface area contributed by atoms with Crippen molar-refractivity contribution < 1.29 is 9.15 Å². The van der Waals surface area contributed by atoms with Gasteiger partial charge in [0.05, 0.1) is 0 Å². The zero-order chi connectivity index (χ0) is 14.5. The molecule has 0 aliphatic heterocycles. The number of fused-ring (bicyclic) bond motifs is 1. The summed E-state index contributed by atoms with van der Waals surface area (Å²) in [6.07, 6.45) is 0. The van der Waals surface area contributed by atoms with Gasteiger partial charge in [0, 0.05) is 6.54 Å². The zero-order valence-corrected chi connectivity index (χ0v) is 12.0. The highest BCUT2D eigenvalue weighted by molar-refractivity contribution is 5.73. The molecule has 3 rings (SSSR count). The van der Waals surface area contributed by atoms with Gasteiger partial charge in [-0.25, -0.2) is 4.98 Å². The summed E-state index contributed by atoms with van der Waals surface area (Å²) in [5.41, 5.74) is 2.87. The van der Waals surface area contributed by atoms with Crippen molar-refractivity contribution in [2.75, 3.05) is 6.54 Å². The predicted octanol–water partition coefficient (Wildman–Crippen LogP) is 3.52. The number of oxazole rings is 1. The van der Waals surface area contributed by atoms with Gasteiger partial charge in [-0.15, -0.1) is 0 Å². The number of nitrogens with one attached hydrogen (secondary N) is 1. The first-order valence-electron chi connectivity index (χ1n) is 7.12. The SMILES string of the molecule is CCNCc1ccc2oc(COc3ccccc3)nc2c1. The Labute approximate surface area is 123 Å². The minimum absolute atomic E-state index is 0.335.